The summed E-state index contributed by atoms with van der Waals surface area (Å²) >= 11 is 0. The van der Waals surface area contributed by atoms with Gasteiger partial charge in [0.05, 0.1) is 6.42 Å². The Kier molecular flexibility index (Phi) is 6.40. The average molecular weight is 291 g/mol. The van der Waals surface area contributed by atoms with Gasteiger partial charge in [-0.2, -0.15) is 0 Å². The SMILES string of the molecule is CC(CC(=O)O)NC(=O)CC(C)c1ccc(C(C)C)cc1. The topological polar surface area (TPSA) is 66.4 Å². The van der Waals surface area contributed by atoms with E-state index in [1.54, 1.807) is 6.92 Å². The summed E-state index contributed by atoms with van der Waals surface area (Å²) in [6.07, 6.45) is 0.314. The molecule has 0 saturated heterocycles. The quantitative estimate of drug-likeness (QED) is 0.810. The van der Waals surface area contributed by atoms with Crippen LogP contribution >= 0.6 is 0 Å². The van der Waals surface area contributed by atoms with Gasteiger partial charge < -0.3 is 10.4 Å². The first-order valence-corrected chi connectivity index (χ1v) is 7.40. The van der Waals surface area contributed by atoms with Crippen LogP contribution in [-0.4, -0.2) is 23.0 Å². The number of carboxylic acid groups (broad SMARTS) is 1. The normalized spacial score (nSPS) is 13.8. The van der Waals surface area contributed by atoms with Crippen LogP contribution in [0.15, 0.2) is 24.3 Å². The van der Waals surface area contributed by atoms with Crippen molar-refractivity contribution in [2.75, 3.05) is 0 Å². The van der Waals surface area contributed by atoms with E-state index in [1.165, 1.54) is 5.56 Å². The Labute approximate surface area is 126 Å². The molecule has 1 aromatic rings. The Hall–Kier alpha value is -1.84. The second-order valence-electron chi connectivity index (χ2n) is 5.99. The summed E-state index contributed by atoms with van der Waals surface area (Å²) in [7, 11) is 0. The van der Waals surface area contributed by atoms with Gasteiger partial charge in [-0.3, -0.25) is 9.59 Å². The van der Waals surface area contributed by atoms with Gasteiger partial charge in [-0.15, -0.1) is 0 Å². The number of hydrogen-bond donors (Lipinski definition) is 2. The summed E-state index contributed by atoms with van der Waals surface area (Å²) in [5, 5.41) is 11.4. The van der Waals surface area contributed by atoms with Crippen molar-refractivity contribution in [3.05, 3.63) is 35.4 Å². The van der Waals surface area contributed by atoms with E-state index in [2.05, 4.69) is 43.4 Å². The maximum absolute atomic E-state index is 11.9. The average Bonchev–Trinajstić information content (AvgIpc) is 2.37. The Morgan fingerprint density at radius 3 is 2.00 bits per heavy atom. The molecule has 0 spiro atoms. The van der Waals surface area contributed by atoms with Crippen molar-refractivity contribution in [3.8, 4) is 0 Å². The zero-order chi connectivity index (χ0) is 16.0. The first-order chi connectivity index (χ1) is 9.79. The van der Waals surface area contributed by atoms with E-state index in [0.717, 1.165) is 5.56 Å². The number of carboxylic acids is 1. The van der Waals surface area contributed by atoms with Crippen LogP contribution in [-0.2, 0) is 9.59 Å². The molecule has 0 heterocycles. The summed E-state index contributed by atoms with van der Waals surface area (Å²) in [6, 6.07) is 7.98. The maximum atomic E-state index is 11.9. The van der Waals surface area contributed by atoms with Gasteiger partial charge in [0.15, 0.2) is 0 Å². The van der Waals surface area contributed by atoms with E-state index in [4.69, 9.17) is 5.11 Å². The third-order valence-electron chi connectivity index (χ3n) is 3.55. The van der Waals surface area contributed by atoms with Crippen LogP contribution in [0.25, 0.3) is 0 Å². The van der Waals surface area contributed by atoms with Crippen LogP contribution in [0.4, 0.5) is 0 Å². The highest BCUT2D eigenvalue weighted by atomic mass is 16.4. The van der Waals surface area contributed by atoms with Crippen LogP contribution in [0.3, 0.4) is 0 Å². The van der Waals surface area contributed by atoms with Crippen LogP contribution < -0.4 is 5.32 Å². The first kappa shape index (κ1) is 17.2. The fourth-order valence-corrected chi connectivity index (χ4v) is 2.25. The molecule has 0 radical (unpaired) electrons. The Bertz CT molecular complexity index is 479. The molecule has 4 nitrogen and oxygen atoms in total. The van der Waals surface area contributed by atoms with Gasteiger partial charge in [-0.05, 0) is 29.9 Å². The Morgan fingerprint density at radius 1 is 1.00 bits per heavy atom. The molecule has 0 aliphatic heterocycles. The van der Waals surface area contributed by atoms with E-state index in [0.29, 0.717) is 12.3 Å². The lowest BCUT2D eigenvalue weighted by Crippen LogP contribution is -2.34. The Morgan fingerprint density at radius 2 is 1.52 bits per heavy atom. The van der Waals surface area contributed by atoms with Crippen molar-refractivity contribution >= 4 is 11.9 Å². The van der Waals surface area contributed by atoms with Crippen LogP contribution in [0.1, 0.15) is 63.5 Å². The monoisotopic (exact) mass is 291 g/mol. The molecule has 0 saturated carbocycles. The second-order valence-corrected chi connectivity index (χ2v) is 5.99. The van der Waals surface area contributed by atoms with Crippen molar-refractivity contribution in [2.45, 2.75) is 58.4 Å². The van der Waals surface area contributed by atoms with Gasteiger partial charge in [0.25, 0.3) is 0 Å². The zero-order valence-electron chi connectivity index (χ0n) is 13.2. The van der Waals surface area contributed by atoms with E-state index in [1.807, 2.05) is 6.92 Å². The number of nitrogens with one attached hydrogen (secondary N) is 1. The van der Waals surface area contributed by atoms with E-state index in [-0.39, 0.29) is 24.3 Å². The fraction of sp³-hybridized carbons (Fsp3) is 0.529. The van der Waals surface area contributed by atoms with Crippen molar-refractivity contribution < 1.29 is 14.7 Å². The minimum atomic E-state index is -0.903. The number of hydrogen-bond acceptors (Lipinski definition) is 2. The highest BCUT2D eigenvalue weighted by Gasteiger charge is 2.15. The first-order valence-electron chi connectivity index (χ1n) is 7.40. The second kappa shape index (κ2) is 7.81. The van der Waals surface area contributed by atoms with Gasteiger partial charge in [0.1, 0.15) is 0 Å². The van der Waals surface area contributed by atoms with Crippen molar-refractivity contribution in [1.82, 2.24) is 5.32 Å². The van der Waals surface area contributed by atoms with Crippen LogP contribution in [0.5, 0.6) is 0 Å². The van der Waals surface area contributed by atoms with Gasteiger partial charge >= 0.3 is 5.97 Å². The molecule has 0 aromatic heterocycles. The lowest BCUT2D eigenvalue weighted by atomic mass is 9.94. The number of carbonyl (C=O) groups excluding carboxylic acids is 1. The molecular weight excluding hydrogens is 266 g/mol. The van der Waals surface area contributed by atoms with E-state index >= 15 is 0 Å². The van der Waals surface area contributed by atoms with Crippen LogP contribution in [0, 0.1) is 0 Å². The highest BCUT2D eigenvalue weighted by Crippen LogP contribution is 2.22. The largest absolute Gasteiger partial charge is 0.481 e. The lowest BCUT2D eigenvalue weighted by molar-refractivity contribution is -0.137. The molecule has 4 heteroatoms. The number of benzene rings is 1. The van der Waals surface area contributed by atoms with Gasteiger partial charge in [0.2, 0.25) is 5.91 Å². The molecule has 0 aliphatic rings. The molecule has 1 rings (SSSR count). The molecule has 1 aromatic carbocycles. The predicted octanol–water partition coefficient (Wildman–Crippen LogP) is 3.28. The number of carbonyl (C=O) groups is 2. The third-order valence-corrected chi connectivity index (χ3v) is 3.55. The molecule has 0 bridgehead atoms. The predicted molar refractivity (Wildman–Crippen MR) is 83.4 cm³/mol. The smallest absolute Gasteiger partial charge is 0.305 e. The summed E-state index contributed by atoms with van der Waals surface area (Å²) in [4.78, 5) is 22.5. The molecule has 21 heavy (non-hydrogen) atoms. The summed E-state index contributed by atoms with van der Waals surface area (Å²) in [6.45, 7) is 8.01. The van der Waals surface area contributed by atoms with Gasteiger partial charge in [-0.25, -0.2) is 0 Å². The summed E-state index contributed by atoms with van der Waals surface area (Å²) < 4.78 is 0. The summed E-state index contributed by atoms with van der Waals surface area (Å²) in [5.74, 6) is -0.401. The molecule has 1 amide bonds. The van der Waals surface area contributed by atoms with Gasteiger partial charge in [0, 0.05) is 12.5 Å². The molecular formula is C17H25NO3. The standard InChI is InChI=1S/C17H25NO3/c1-11(2)14-5-7-15(8-6-14)12(3)9-16(19)18-13(4)10-17(20)21/h5-8,11-13H,9-10H2,1-4H3,(H,18,19)(H,20,21). The lowest BCUT2D eigenvalue weighted by Gasteiger charge is -2.16. The molecule has 116 valence electrons. The maximum Gasteiger partial charge on any atom is 0.305 e. The minimum absolute atomic E-state index is 0.0524. The molecule has 2 atom stereocenters. The van der Waals surface area contributed by atoms with Crippen LogP contribution in [0.2, 0.25) is 0 Å². The molecule has 0 fully saturated rings. The number of aliphatic carboxylic acids is 1. The van der Waals surface area contributed by atoms with E-state index in [9.17, 15) is 9.59 Å². The third kappa shape index (κ3) is 5.98. The van der Waals surface area contributed by atoms with Crippen molar-refractivity contribution in [2.24, 2.45) is 0 Å². The van der Waals surface area contributed by atoms with Crippen molar-refractivity contribution in [3.63, 3.8) is 0 Å². The van der Waals surface area contributed by atoms with E-state index < -0.39 is 5.97 Å². The fourth-order valence-electron chi connectivity index (χ4n) is 2.25. The molecule has 2 N–H and O–H groups in total. The summed E-state index contributed by atoms with van der Waals surface area (Å²) in [5.41, 5.74) is 2.41. The minimum Gasteiger partial charge on any atom is -0.481 e. The Balaban J connectivity index is 2.54. The molecule has 2 unspecified atom stereocenters. The number of amides is 1. The molecule has 0 aliphatic carbocycles. The zero-order valence-corrected chi connectivity index (χ0v) is 13.2. The van der Waals surface area contributed by atoms with Gasteiger partial charge in [-0.1, -0.05) is 45.0 Å². The highest BCUT2D eigenvalue weighted by molar-refractivity contribution is 5.78. The van der Waals surface area contributed by atoms with Crippen molar-refractivity contribution in [1.29, 1.82) is 0 Å². The number of rotatable bonds is 7.